The summed E-state index contributed by atoms with van der Waals surface area (Å²) in [5, 5.41) is 0.707. The molecule has 1 aliphatic rings. The summed E-state index contributed by atoms with van der Waals surface area (Å²) in [6.45, 7) is 5.29. The molecule has 0 bridgehead atoms. The van der Waals surface area contributed by atoms with Gasteiger partial charge in [0.05, 0.1) is 36.1 Å². The number of ether oxygens (including phenoxy) is 3. The first-order valence-corrected chi connectivity index (χ1v) is 14.2. The van der Waals surface area contributed by atoms with Gasteiger partial charge in [0.1, 0.15) is 23.3 Å². The van der Waals surface area contributed by atoms with Gasteiger partial charge in [-0.1, -0.05) is 41.3 Å². The fourth-order valence-corrected chi connectivity index (χ4v) is 6.23. The van der Waals surface area contributed by atoms with Crippen molar-refractivity contribution in [2.24, 2.45) is 4.99 Å². The predicted molar refractivity (Wildman–Crippen MR) is 154 cm³/mol. The maximum Gasteiger partial charge on any atom is 0.338 e. The van der Waals surface area contributed by atoms with Crippen molar-refractivity contribution in [3.8, 4) is 11.5 Å². The number of nitrogens with zero attached hydrogens (tertiary/aromatic N) is 2. The van der Waals surface area contributed by atoms with Crippen LogP contribution in [0, 0.1) is 0 Å². The van der Waals surface area contributed by atoms with E-state index in [-0.39, 0.29) is 17.2 Å². The number of methoxy groups -OCH3 is 2. The zero-order valence-electron chi connectivity index (χ0n) is 22.7. The minimum Gasteiger partial charge on any atom is -0.497 e. The Morgan fingerprint density at radius 3 is 2.58 bits per heavy atom. The van der Waals surface area contributed by atoms with E-state index in [1.165, 1.54) is 27.7 Å². The highest BCUT2D eigenvalue weighted by Crippen LogP contribution is 2.38. The van der Waals surface area contributed by atoms with Gasteiger partial charge in [0.15, 0.2) is 9.89 Å². The quantitative estimate of drug-likeness (QED) is 0.274. The van der Waals surface area contributed by atoms with E-state index in [1.54, 1.807) is 59.3 Å². The van der Waals surface area contributed by atoms with Crippen LogP contribution in [-0.2, 0) is 9.53 Å². The number of thiazole rings is 1. The highest BCUT2D eigenvalue weighted by atomic mass is 32.2. The molecule has 40 heavy (non-hydrogen) atoms. The minimum absolute atomic E-state index is 0.263. The minimum atomic E-state index is -0.838. The maximum absolute atomic E-state index is 13.9. The van der Waals surface area contributed by atoms with Gasteiger partial charge in [-0.3, -0.25) is 9.36 Å². The monoisotopic (exact) mass is 576 g/mol. The highest BCUT2D eigenvalue weighted by molar-refractivity contribution is 7.99. The lowest BCUT2D eigenvalue weighted by molar-refractivity contribution is -0.143. The second-order valence-corrected chi connectivity index (χ2v) is 11.3. The van der Waals surface area contributed by atoms with Gasteiger partial charge < -0.3 is 18.6 Å². The van der Waals surface area contributed by atoms with E-state index in [0.717, 1.165) is 4.90 Å². The molecule has 10 heteroatoms. The molecule has 0 saturated carbocycles. The molecular formula is C30H28N2O6S2. The molecule has 1 atom stereocenters. The lowest BCUT2D eigenvalue weighted by atomic mass is 9.94. The molecule has 0 amide bonds. The van der Waals surface area contributed by atoms with E-state index in [9.17, 15) is 9.59 Å². The number of hydrogen-bond donors (Lipinski definition) is 0. The van der Waals surface area contributed by atoms with Crippen LogP contribution in [0.5, 0.6) is 11.5 Å². The molecule has 8 nitrogen and oxygen atoms in total. The summed E-state index contributed by atoms with van der Waals surface area (Å²) in [6, 6.07) is 18.0. The van der Waals surface area contributed by atoms with Crippen molar-refractivity contribution in [2.45, 2.75) is 42.9 Å². The SMILES string of the molecule is COc1ccc(OC)c(C2C(C(=O)OC(C)C)=C(C)N=c3sc(=Cc4ccc(Sc5ccccc5)o4)c(=O)n32)c1. The van der Waals surface area contributed by atoms with Crippen molar-refractivity contribution in [1.29, 1.82) is 0 Å². The summed E-state index contributed by atoms with van der Waals surface area (Å²) >= 11 is 2.72. The number of carbonyl (C=O) groups excluding carboxylic acids is 1. The Morgan fingerprint density at radius 1 is 1.10 bits per heavy atom. The molecule has 0 spiro atoms. The molecule has 2 aromatic heterocycles. The molecule has 5 rings (SSSR count). The normalized spacial score (nSPS) is 15.2. The van der Waals surface area contributed by atoms with Gasteiger partial charge in [0.2, 0.25) is 0 Å². The Kier molecular flexibility index (Phi) is 7.99. The topological polar surface area (TPSA) is 92.3 Å². The Hall–Kier alpha value is -4.02. The van der Waals surface area contributed by atoms with Gasteiger partial charge in [-0.2, -0.15) is 0 Å². The van der Waals surface area contributed by atoms with Crippen LogP contribution in [0.4, 0.5) is 0 Å². The van der Waals surface area contributed by atoms with Crippen LogP contribution in [-0.4, -0.2) is 30.9 Å². The summed E-state index contributed by atoms with van der Waals surface area (Å²) in [7, 11) is 3.10. The summed E-state index contributed by atoms with van der Waals surface area (Å²) < 4.78 is 24.6. The van der Waals surface area contributed by atoms with Gasteiger partial charge in [-0.05, 0) is 63.2 Å². The molecule has 3 heterocycles. The smallest absolute Gasteiger partial charge is 0.338 e. The average Bonchev–Trinajstić information content (AvgIpc) is 3.50. The molecule has 1 unspecified atom stereocenters. The highest BCUT2D eigenvalue weighted by Gasteiger charge is 2.35. The van der Waals surface area contributed by atoms with Crippen LogP contribution in [0.3, 0.4) is 0 Å². The molecule has 4 aromatic rings. The van der Waals surface area contributed by atoms with Gasteiger partial charge in [-0.25, -0.2) is 9.79 Å². The number of esters is 1. The number of hydrogen-bond acceptors (Lipinski definition) is 9. The van der Waals surface area contributed by atoms with E-state index in [1.807, 2.05) is 42.5 Å². The van der Waals surface area contributed by atoms with Crippen molar-refractivity contribution in [3.05, 3.63) is 103 Å². The first-order valence-electron chi connectivity index (χ1n) is 12.6. The van der Waals surface area contributed by atoms with Crippen LogP contribution < -0.4 is 24.4 Å². The zero-order valence-corrected chi connectivity index (χ0v) is 24.3. The standard InChI is InChI=1S/C30H28N2O6S2/c1-17(2)37-29(34)26-18(3)31-30-32(27(26)22-15-19(35-4)11-13-23(22)36-5)28(33)24(40-30)16-20-12-14-25(38-20)39-21-9-7-6-8-10-21/h6-17,27H,1-5H3. The molecule has 206 valence electrons. The Morgan fingerprint density at radius 2 is 1.88 bits per heavy atom. The van der Waals surface area contributed by atoms with E-state index >= 15 is 0 Å². The largest absolute Gasteiger partial charge is 0.497 e. The van der Waals surface area contributed by atoms with Crippen LogP contribution in [0.15, 0.2) is 96.1 Å². The van der Waals surface area contributed by atoms with Crippen molar-refractivity contribution in [1.82, 2.24) is 4.57 Å². The third-order valence-electron chi connectivity index (χ3n) is 6.15. The number of allylic oxidation sites excluding steroid dienone is 1. The third-order valence-corrected chi connectivity index (χ3v) is 8.06. The van der Waals surface area contributed by atoms with Gasteiger partial charge in [-0.15, -0.1) is 0 Å². The average molecular weight is 577 g/mol. The number of furan rings is 1. The van der Waals surface area contributed by atoms with Crippen molar-refractivity contribution in [3.63, 3.8) is 0 Å². The Labute approximate surface area is 239 Å². The fraction of sp³-hybridized carbons (Fsp3) is 0.233. The van der Waals surface area contributed by atoms with E-state index in [4.69, 9.17) is 18.6 Å². The van der Waals surface area contributed by atoms with E-state index in [0.29, 0.717) is 42.9 Å². The van der Waals surface area contributed by atoms with Gasteiger partial charge in [0, 0.05) is 16.5 Å². The number of carbonyl (C=O) groups is 1. The van der Waals surface area contributed by atoms with Gasteiger partial charge in [0.25, 0.3) is 5.56 Å². The second-order valence-electron chi connectivity index (χ2n) is 9.22. The Balaban J connectivity index is 1.64. The molecule has 0 fully saturated rings. The number of aromatic nitrogens is 1. The Bertz CT molecular complexity index is 1770. The van der Waals surface area contributed by atoms with Crippen molar-refractivity contribution < 1.29 is 23.4 Å². The first kappa shape index (κ1) is 27.5. The first-order chi connectivity index (χ1) is 19.3. The number of rotatable bonds is 8. The molecule has 0 N–H and O–H groups in total. The lowest BCUT2D eigenvalue weighted by Crippen LogP contribution is -2.40. The number of fused-ring (bicyclic) bond motifs is 1. The predicted octanol–water partition coefficient (Wildman–Crippen LogP) is 4.95. The number of benzene rings is 2. The van der Waals surface area contributed by atoms with Crippen LogP contribution in [0.1, 0.15) is 38.1 Å². The fourth-order valence-electron chi connectivity index (χ4n) is 4.41. The molecule has 1 aliphatic heterocycles. The summed E-state index contributed by atoms with van der Waals surface area (Å²) in [4.78, 5) is 33.5. The zero-order chi connectivity index (χ0) is 28.4. The third kappa shape index (κ3) is 5.50. The van der Waals surface area contributed by atoms with E-state index in [2.05, 4.69) is 4.99 Å². The molecule has 0 saturated heterocycles. The second kappa shape index (κ2) is 11.6. The van der Waals surface area contributed by atoms with Crippen molar-refractivity contribution in [2.75, 3.05) is 14.2 Å². The molecule has 0 radical (unpaired) electrons. The summed E-state index contributed by atoms with van der Waals surface area (Å²) in [6.07, 6.45) is 1.34. The van der Waals surface area contributed by atoms with Crippen LogP contribution >= 0.6 is 23.1 Å². The van der Waals surface area contributed by atoms with Crippen LogP contribution in [0.2, 0.25) is 0 Å². The molecule has 2 aromatic carbocycles. The van der Waals surface area contributed by atoms with Crippen LogP contribution in [0.25, 0.3) is 6.08 Å². The maximum atomic E-state index is 13.9. The molecule has 0 aliphatic carbocycles. The van der Waals surface area contributed by atoms with Gasteiger partial charge >= 0.3 is 5.97 Å². The lowest BCUT2D eigenvalue weighted by Gasteiger charge is -2.26. The summed E-state index contributed by atoms with van der Waals surface area (Å²) in [5.74, 6) is 1.05. The summed E-state index contributed by atoms with van der Waals surface area (Å²) in [5.41, 5.74) is 1.00. The van der Waals surface area contributed by atoms with E-state index < -0.39 is 12.0 Å². The molecular weight excluding hydrogens is 548 g/mol. The van der Waals surface area contributed by atoms with Crippen molar-refractivity contribution >= 4 is 35.1 Å².